The molecule has 0 aliphatic carbocycles. The van der Waals surface area contributed by atoms with Crippen LogP contribution in [-0.4, -0.2) is 5.91 Å². The number of anilines is 1. The average Bonchev–Trinajstić information content (AvgIpc) is 2.42. The highest BCUT2D eigenvalue weighted by atomic mass is 79.9. The van der Waals surface area contributed by atoms with Gasteiger partial charge in [-0.25, -0.2) is 0 Å². The monoisotopic (exact) mass is 317 g/mol. The molecule has 0 atom stereocenters. The highest BCUT2D eigenvalue weighted by Gasteiger charge is 2.06. The molecule has 0 saturated heterocycles. The number of hydrogen-bond acceptors (Lipinski definition) is 1. The zero-order chi connectivity index (χ0) is 13.7. The molecule has 1 amide bonds. The standard InChI is InChI=1S/C16H16BrNO/c1-2-12-8-9-15(14(17)10-12)18-16(19)11-13-6-4-3-5-7-13/h3-10H,2,11H2,1H3,(H,18,19). The first-order valence-corrected chi connectivity index (χ1v) is 7.10. The molecule has 3 heteroatoms. The van der Waals surface area contributed by atoms with Crippen LogP contribution >= 0.6 is 15.9 Å². The number of carbonyl (C=O) groups excluding carboxylic acids is 1. The third kappa shape index (κ3) is 3.93. The summed E-state index contributed by atoms with van der Waals surface area (Å²) in [5.74, 6) is -0.00357. The largest absolute Gasteiger partial charge is 0.325 e. The van der Waals surface area contributed by atoms with Crippen LogP contribution < -0.4 is 5.32 Å². The Labute approximate surface area is 122 Å². The summed E-state index contributed by atoms with van der Waals surface area (Å²) in [6.07, 6.45) is 1.37. The Hall–Kier alpha value is -1.61. The summed E-state index contributed by atoms with van der Waals surface area (Å²) < 4.78 is 0.924. The lowest BCUT2D eigenvalue weighted by Crippen LogP contribution is -2.14. The summed E-state index contributed by atoms with van der Waals surface area (Å²) >= 11 is 3.49. The molecule has 0 spiro atoms. The fourth-order valence-corrected chi connectivity index (χ4v) is 2.38. The molecule has 0 aliphatic heterocycles. The van der Waals surface area contributed by atoms with Crippen LogP contribution in [0.2, 0.25) is 0 Å². The number of rotatable bonds is 4. The van der Waals surface area contributed by atoms with Crippen molar-refractivity contribution in [1.82, 2.24) is 0 Å². The van der Waals surface area contributed by atoms with E-state index in [0.29, 0.717) is 6.42 Å². The summed E-state index contributed by atoms with van der Waals surface area (Å²) in [5, 5.41) is 2.92. The molecule has 0 saturated carbocycles. The highest BCUT2D eigenvalue weighted by molar-refractivity contribution is 9.10. The van der Waals surface area contributed by atoms with E-state index in [1.165, 1.54) is 5.56 Å². The number of benzene rings is 2. The Morgan fingerprint density at radius 1 is 1.11 bits per heavy atom. The van der Waals surface area contributed by atoms with Gasteiger partial charge >= 0.3 is 0 Å². The predicted octanol–water partition coefficient (Wildman–Crippen LogP) is 4.19. The van der Waals surface area contributed by atoms with Crippen molar-refractivity contribution in [3.05, 3.63) is 64.1 Å². The first kappa shape index (κ1) is 13.8. The minimum absolute atomic E-state index is 0.00357. The minimum Gasteiger partial charge on any atom is -0.325 e. The molecule has 2 rings (SSSR count). The Morgan fingerprint density at radius 3 is 2.47 bits per heavy atom. The normalized spacial score (nSPS) is 10.2. The van der Waals surface area contributed by atoms with E-state index in [0.717, 1.165) is 22.1 Å². The van der Waals surface area contributed by atoms with Gasteiger partial charge in [-0.1, -0.05) is 43.3 Å². The Morgan fingerprint density at radius 2 is 1.84 bits per heavy atom. The van der Waals surface area contributed by atoms with Gasteiger partial charge in [-0.2, -0.15) is 0 Å². The van der Waals surface area contributed by atoms with Gasteiger partial charge in [0.25, 0.3) is 0 Å². The van der Waals surface area contributed by atoms with Crippen molar-refractivity contribution in [2.75, 3.05) is 5.32 Å². The molecule has 0 radical (unpaired) electrons. The summed E-state index contributed by atoms with van der Waals surface area (Å²) in [6, 6.07) is 15.7. The molecular formula is C16H16BrNO. The molecule has 98 valence electrons. The summed E-state index contributed by atoms with van der Waals surface area (Å²) in [7, 11) is 0. The van der Waals surface area contributed by atoms with E-state index in [1.54, 1.807) is 0 Å². The molecule has 2 aromatic rings. The zero-order valence-electron chi connectivity index (χ0n) is 10.8. The van der Waals surface area contributed by atoms with Crippen molar-refractivity contribution in [3.8, 4) is 0 Å². The van der Waals surface area contributed by atoms with Gasteiger partial charge in [0.2, 0.25) is 5.91 Å². The van der Waals surface area contributed by atoms with E-state index in [-0.39, 0.29) is 5.91 Å². The third-order valence-electron chi connectivity index (χ3n) is 2.92. The molecule has 0 aromatic heterocycles. The van der Waals surface area contributed by atoms with Crippen LogP contribution in [0, 0.1) is 0 Å². The fraction of sp³-hybridized carbons (Fsp3) is 0.188. The first-order valence-electron chi connectivity index (χ1n) is 6.31. The summed E-state index contributed by atoms with van der Waals surface area (Å²) in [4.78, 5) is 12.0. The van der Waals surface area contributed by atoms with E-state index in [2.05, 4.69) is 28.2 Å². The quantitative estimate of drug-likeness (QED) is 0.900. The zero-order valence-corrected chi connectivity index (χ0v) is 12.4. The van der Waals surface area contributed by atoms with Crippen LogP contribution in [0.3, 0.4) is 0 Å². The van der Waals surface area contributed by atoms with E-state index < -0.39 is 0 Å². The van der Waals surface area contributed by atoms with Crippen molar-refractivity contribution < 1.29 is 4.79 Å². The number of nitrogens with one attached hydrogen (secondary N) is 1. The van der Waals surface area contributed by atoms with Crippen LogP contribution in [0.5, 0.6) is 0 Å². The molecule has 0 heterocycles. The average molecular weight is 318 g/mol. The molecule has 0 fully saturated rings. The number of amides is 1. The summed E-state index contributed by atoms with van der Waals surface area (Å²) in [6.45, 7) is 2.11. The van der Waals surface area contributed by atoms with E-state index in [1.807, 2.05) is 48.5 Å². The van der Waals surface area contributed by atoms with Gasteiger partial charge in [0, 0.05) is 4.47 Å². The van der Waals surface area contributed by atoms with Crippen molar-refractivity contribution in [2.45, 2.75) is 19.8 Å². The number of aryl methyl sites for hydroxylation is 1. The molecule has 0 unspecified atom stereocenters. The van der Waals surface area contributed by atoms with Crippen LogP contribution in [0.15, 0.2) is 53.0 Å². The molecule has 0 bridgehead atoms. The Balaban J connectivity index is 2.03. The topological polar surface area (TPSA) is 29.1 Å². The maximum absolute atomic E-state index is 12.0. The van der Waals surface area contributed by atoms with E-state index in [4.69, 9.17) is 0 Å². The second-order valence-electron chi connectivity index (χ2n) is 4.38. The Bertz CT molecular complexity index is 566. The third-order valence-corrected chi connectivity index (χ3v) is 3.58. The number of hydrogen-bond donors (Lipinski definition) is 1. The second kappa shape index (κ2) is 6.53. The van der Waals surface area contributed by atoms with Crippen molar-refractivity contribution in [3.63, 3.8) is 0 Å². The lowest BCUT2D eigenvalue weighted by Gasteiger charge is -2.08. The van der Waals surface area contributed by atoms with Crippen LogP contribution in [0.25, 0.3) is 0 Å². The van der Waals surface area contributed by atoms with Crippen molar-refractivity contribution in [1.29, 1.82) is 0 Å². The lowest BCUT2D eigenvalue weighted by atomic mass is 10.1. The van der Waals surface area contributed by atoms with Gasteiger partial charge in [0.15, 0.2) is 0 Å². The van der Waals surface area contributed by atoms with Gasteiger partial charge in [0.1, 0.15) is 0 Å². The number of carbonyl (C=O) groups is 1. The Kier molecular flexibility index (Phi) is 4.74. The maximum atomic E-state index is 12.0. The molecular weight excluding hydrogens is 302 g/mol. The van der Waals surface area contributed by atoms with Crippen molar-refractivity contribution in [2.24, 2.45) is 0 Å². The second-order valence-corrected chi connectivity index (χ2v) is 5.23. The van der Waals surface area contributed by atoms with Gasteiger partial charge < -0.3 is 5.32 Å². The number of halogens is 1. The molecule has 0 aliphatic rings. The van der Waals surface area contributed by atoms with Gasteiger partial charge in [-0.3, -0.25) is 4.79 Å². The van der Waals surface area contributed by atoms with Gasteiger partial charge in [0.05, 0.1) is 12.1 Å². The van der Waals surface area contributed by atoms with Crippen LogP contribution in [0.1, 0.15) is 18.1 Å². The SMILES string of the molecule is CCc1ccc(NC(=O)Cc2ccccc2)c(Br)c1. The summed E-state index contributed by atoms with van der Waals surface area (Å²) in [5.41, 5.74) is 3.08. The van der Waals surface area contributed by atoms with Crippen molar-refractivity contribution >= 4 is 27.5 Å². The molecule has 2 nitrogen and oxygen atoms in total. The molecule has 2 aromatic carbocycles. The molecule has 19 heavy (non-hydrogen) atoms. The van der Waals surface area contributed by atoms with Gasteiger partial charge in [-0.05, 0) is 45.6 Å². The van der Waals surface area contributed by atoms with Gasteiger partial charge in [-0.15, -0.1) is 0 Å². The smallest absolute Gasteiger partial charge is 0.228 e. The van der Waals surface area contributed by atoms with E-state index >= 15 is 0 Å². The minimum atomic E-state index is -0.00357. The lowest BCUT2D eigenvalue weighted by molar-refractivity contribution is -0.115. The first-order chi connectivity index (χ1) is 9.19. The fourth-order valence-electron chi connectivity index (χ4n) is 1.86. The van der Waals surface area contributed by atoms with Crippen LogP contribution in [0.4, 0.5) is 5.69 Å². The molecule has 1 N–H and O–H groups in total. The maximum Gasteiger partial charge on any atom is 0.228 e. The van der Waals surface area contributed by atoms with E-state index in [9.17, 15) is 4.79 Å². The van der Waals surface area contributed by atoms with Crippen LogP contribution in [-0.2, 0) is 17.6 Å². The predicted molar refractivity (Wildman–Crippen MR) is 82.3 cm³/mol. The highest BCUT2D eigenvalue weighted by Crippen LogP contribution is 2.24.